The van der Waals surface area contributed by atoms with Crippen LogP contribution in [0.25, 0.3) is 0 Å². The molecule has 0 unspecified atom stereocenters. The number of esters is 1. The number of rotatable bonds is 8. The van der Waals surface area contributed by atoms with Crippen molar-refractivity contribution in [1.82, 2.24) is 0 Å². The summed E-state index contributed by atoms with van der Waals surface area (Å²) in [5, 5.41) is 13.1. The highest BCUT2D eigenvalue weighted by molar-refractivity contribution is 5.98. The molecule has 0 heterocycles. The first-order valence-corrected chi connectivity index (χ1v) is 8.30. The fourth-order valence-corrected chi connectivity index (χ4v) is 2.22. The molecule has 8 nitrogen and oxygen atoms in total. The van der Waals surface area contributed by atoms with Crippen LogP contribution in [0.3, 0.4) is 0 Å². The second-order valence-electron chi connectivity index (χ2n) is 5.86. The molecular weight excluding hydrogens is 371 g/mol. The monoisotopic (exact) mass is 388 g/mol. The molecule has 0 bridgehead atoms. The summed E-state index contributed by atoms with van der Waals surface area (Å²) < 4.78 is 17.8. The van der Waals surface area contributed by atoms with Crippen LogP contribution in [0, 0.1) is 15.9 Å². The molecule has 2 aromatic rings. The van der Waals surface area contributed by atoms with Gasteiger partial charge in [0.1, 0.15) is 5.82 Å². The number of nitrogens with zero attached hydrogens (tertiary/aromatic N) is 1. The van der Waals surface area contributed by atoms with Crippen molar-refractivity contribution in [3.63, 3.8) is 0 Å². The van der Waals surface area contributed by atoms with Crippen LogP contribution in [0.15, 0.2) is 48.5 Å². The van der Waals surface area contributed by atoms with Gasteiger partial charge in [0.25, 0.3) is 11.6 Å². The molecule has 0 fully saturated rings. The van der Waals surface area contributed by atoms with Crippen molar-refractivity contribution in [3.8, 4) is 0 Å². The molecule has 1 atom stereocenters. The van der Waals surface area contributed by atoms with Crippen molar-refractivity contribution in [2.75, 3.05) is 5.32 Å². The summed E-state index contributed by atoms with van der Waals surface area (Å²) in [6.45, 7) is 1.36. The van der Waals surface area contributed by atoms with E-state index in [9.17, 15) is 28.9 Å². The fraction of sp³-hybridized carbons (Fsp3) is 0.211. The highest BCUT2D eigenvalue weighted by Crippen LogP contribution is 2.16. The summed E-state index contributed by atoms with van der Waals surface area (Å²) in [5.74, 6) is -2.17. The van der Waals surface area contributed by atoms with Crippen LogP contribution in [0.2, 0.25) is 0 Å². The summed E-state index contributed by atoms with van der Waals surface area (Å²) in [7, 11) is 0. The molecule has 0 spiro atoms. The number of hydrogen-bond donors (Lipinski definition) is 1. The third-order valence-corrected chi connectivity index (χ3v) is 3.75. The van der Waals surface area contributed by atoms with Crippen molar-refractivity contribution in [1.29, 1.82) is 0 Å². The Kier molecular flexibility index (Phi) is 6.91. The quantitative estimate of drug-likeness (QED) is 0.321. The Morgan fingerprint density at radius 2 is 1.68 bits per heavy atom. The molecule has 1 amide bonds. The molecule has 2 rings (SSSR count). The van der Waals surface area contributed by atoms with Gasteiger partial charge in [-0.3, -0.25) is 24.5 Å². The summed E-state index contributed by atoms with van der Waals surface area (Å²) in [6, 6.07) is 10.1. The topological polar surface area (TPSA) is 116 Å². The minimum atomic E-state index is -1.12. The lowest BCUT2D eigenvalue weighted by molar-refractivity contribution is -0.384. The summed E-state index contributed by atoms with van der Waals surface area (Å²) in [5.41, 5.74) is 0.464. The van der Waals surface area contributed by atoms with Gasteiger partial charge in [-0.15, -0.1) is 0 Å². The molecular formula is C19H17FN2O6. The minimum absolute atomic E-state index is 0.122. The summed E-state index contributed by atoms with van der Waals surface area (Å²) in [6.07, 6.45) is -1.49. The molecule has 0 radical (unpaired) electrons. The Bertz CT molecular complexity index is 880. The molecule has 9 heteroatoms. The van der Waals surface area contributed by atoms with Gasteiger partial charge in [-0.25, -0.2) is 4.39 Å². The number of carbonyl (C=O) groups excluding carboxylic acids is 3. The number of ketones is 1. The zero-order chi connectivity index (χ0) is 20.7. The van der Waals surface area contributed by atoms with Gasteiger partial charge in [0, 0.05) is 29.8 Å². The van der Waals surface area contributed by atoms with Gasteiger partial charge in [0.15, 0.2) is 11.9 Å². The van der Waals surface area contributed by atoms with Gasteiger partial charge in [-0.2, -0.15) is 0 Å². The van der Waals surface area contributed by atoms with Crippen LogP contribution in [0.1, 0.15) is 30.1 Å². The first kappa shape index (κ1) is 20.7. The maximum atomic E-state index is 12.8. The molecule has 0 saturated heterocycles. The summed E-state index contributed by atoms with van der Waals surface area (Å²) >= 11 is 0. The number of Topliss-reactive ketones (excluding diaryl/α,β-unsaturated/α-hetero) is 1. The third-order valence-electron chi connectivity index (χ3n) is 3.75. The van der Waals surface area contributed by atoms with E-state index in [0.29, 0.717) is 5.69 Å². The SMILES string of the molecule is C[C@H](OC(=O)CCC(=O)c1ccc(F)cc1)C(=O)Nc1ccc([N+](=O)[O-])cc1. The van der Waals surface area contributed by atoms with Crippen LogP contribution >= 0.6 is 0 Å². The van der Waals surface area contributed by atoms with Crippen molar-refractivity contribution in [2.24, 2.45) is 0 Å². The lowest BCUT2D eigenvalue weighted by Crippen LogP contribution is -2.30. The van der Waals surface area contributed by atoms with Crippen LogP contribution in [-0.2, 0) is 14.3 Å². The first-order valence-electron chi connectivity index (χ1n) is 8.30. The molecule has 2 aromatic carbocycles. The largest absolute Gasteiger partial charge is 0.453 e. The normalized spacial score (nSPS) is 11.4. The van der Waals surface area contributed by atoms with E-state index in [0.717, 1.165) is 12.1 Å². The number of carbonyl (C=O) groups is 3. The fourth-order valence-electron chi connectivity index (χ4n) is 2.22. The third kappa shape index (κ3) is 5.97. The molecule has 0 aliphatic heterocycles. The highest BCUT2D eigenvalue weighted by Gasteiger charge is 2.19. The smallest absolute Gasteiger partial charge is 0.307 e. The van der Waals surface area contributed by atoms with Crippen LogP contribution in [0.5, 0.6) is 0 Å². The van der Waals surface area contributed by atoms with E-state index in [1.165, 1.54) is 43.3 Å². The summed E-state index contributed by atoms with van der Waals surface area (Å²) in [4.78, 5) is 45.8. The number of amides is 1. The van der Waals surface area contributed by atoms with Gasteiger partial charge in [0.2, 0.25) is 0 Å². The van der Waals surface area contributed by atoms with E-state index in [4.69, 9.17) is 4.74 Å². The highest BCUT2D eigenvalue weighted by atomic mass is 19.1. The lowest BCUT2D eigenvalue weighted by Gasteiger charge is -2.13. The number of benzene rings is 2. The average Bonchev–Trinajstić information content (AvgIpc) is 2.67. The number of nitro groups is 1. The van der Waals surface area contributed by atoms with Crippen molar-refractivity contribution >= 4 is 29.0 Å². The zero-order valence-electron chi connectivity index (χ0n) is 14.9. The first-order chi connectivity index (χ1) is 13.3. The van der Waals surface area contributed by atoms with Crippen molar-refractivity contribution in [3.05, 3.63) is 70.0 Å². The number of hydrogen-bond acceptors (Lipinski definition) is 6. The van der Waals surface area contributed by atoms with Crippen molar-refractivity contribution in [2.45, 2.75) is 25.9 Å². The van der Waals surface area contributed by atoms with Crippen LogP contribution in [-0.4, -0.2) is 28.7 Å². The van der Waals surface area contributed by atoms with Crippen molar-refractivity contribution < 1.29 is 28.4 Å². The number of nitrogens with one attached hydrogen (secondary N) is 1. The number of nitro benzene ring substituents is 1. The Balaban J connectivity index is 1.80. The van der Waals surface area contributed by atoms with E-state index in [2.05, 4.69) is 5.32 Å². The number of anilines is 1. The molecule has 0 aliphatic rings. The molecule has 0 aliphatic carbocycles. The molecule has 0 aromatic heterocycles. The van der Waals surface area contributed by atoms with E-state index in [1.807, 2.05) is 0 Å². The Hall–Kier alpha value is -3.62. The lowest BCUT2D eigenvalue weighted by atomic mass is 10.1. The zero-order valence-corrected chi connectivity index (χ0v) is 14.9. The second kappa shape index (κ2) is 9.36. The predicted octanol–water partition coefficient (Wildman–Crippen LogP) is 3.27. The Labute approximate surface area is 159 Å². The maximum absolute atomic E-state index is 12.8. The van der Waals surface area contributed by atoms with Gasteiger partial charge in [-0.1, -0.05) is 0 Å². The van der Waals surface area contributed by atoms with Gasteiger partial charge >= 0.3 is 5.97 Å². The average molecular weight is 388 g/mol. The minimum Gasteiger partial charge on any atom is -0.453 e. The van der Waals surface area contributed by atoms with E-state index < -0.39 is 28.7 Å². The van der Waals surface area contributed by atoms with Crippen LogP contribution < -0.4 is 5.32 Å². The van der Waals surface area contributed by atoms with Gasteiger partial charge in [0.05, 0.1) is 11.3 Å². The van der Waals surface area contributed by atoms with E-state index in [-0.39, 0.29) is 29.9 Å². The van der Waals surface area contributed by atoms with Gasteiger partial charge < -0.3 is 10.1 Å². The molecule has 28 heavy (non-hydrogen) atoms. The van der Waals surface area contributed by atoms with E-state index in [1.54, 1.807) is 0 Å². The Morgan fingerprint density at radius 3 is 2.25 bits per heavy atom. The number of halogens is 1. The number of non-ortho nitro benzene ring substituents is 1. The predicted molar refractivity (Wildman–Crippen MR) is 97.2 cm³/mol. The maximum Gasteiger partial charge on any atom is 0.307 e. The second-order valence-corrected chi connectivity index (χ2v) is 5.86. The molecule has 146 valence electrons. The van der Waals surface area contributed by atoms with E-state index >= 15 is 0 Å². The van der Waals surface area contributed by atoms with Gasteiger partial charge in [-0.05, 0) is 43.3 Å². The molecule has 1 N–H and O–H groups in total. The molecule has 0 saturated carbocycles. The standard InChI is InChI=1S/C19H17FN2O6/c1-12(19(25)21-15-6-8-16(9-7-15)22(26)27)28-18(24)11-10-17(23)13-2-4-14(20)5-3-13/h2-9,12H,10-11H2,1H3,(H,21,25)/t12-/m0/s1. The Morgan fingerprint density at radius 1 is 1.07 bits per heavy atom. The van der Waals surface area contributed by atoms with Crippen LogP contribution in [0.4, 0.5) is 15.8 Å². The number of ether oxygens (including phenoxy) is 1.